The van der Waals surface area contributed by atoms with Crippen LogP contribution in [-0.4, -0.2) is 46.5 Å². The second-order valence-electron chi connectivity index (χ2n) is 11.3. The second kappa shape index (κ2) is 11.7. The molecule has 1 aromatic heterocycles. The largest absolute Gasteiger partial charge is 0.416 e. The minimum Gasteiger partial charge on any atom is -0.381 e. The van der Waals surface area contributed by atoms with Crippen molar-refractivity contribution in [1.82, 2.24) is 20.2 Å². The number of nitrogens with zero attached hydrogens (tertiary/aromatic N) is 6. The molecule has 13 heteroatoms. The third-order valence-electron chi connectivity index (χ3n) is 8.01. The first-order valence-corrected chi connectivity index (χ1v) is 14.0. The molecule has 7 nitrogen and oxygen atoms in total. The van der Waals surface area contributed by atoms with Gasteiger partial charge in [0.15, 0.2) is 0 Å². The van der Waals surface area contributed by atoms with Gasteiger partial charge in [0.05, 0.1) is 24.2 Å². The molecule has 3 heterocycles. The number of hydrogen-bond donors (Lipinski definition) is 0. The highest BCUT2D eigenvalue weighted by Crippen LogP contribution is 2.43. The third-order valence-corrected chi connectivity index (χ3v) is 8.01. The quantitative estimate of drug-likeness (QED) is 0.298. The van der Waals surface area contributed by atoms with Crippen LogP contribution in [0.3, 0.4) is 0 Å². The molecule has 0 radical (unpaired) electrons. The van der Waals surface area contributed by atoms with Gasteiger partial charge >= 0.3 is 12.4 Å². The van der Waals surface area contributed by atoms with Crippen LogP contribution in [0.1, 0.15) is 65.1 Å². The first kappa shape index (κ1) is 30.1. The molecule has 1 saturated heterocycles. The van der Waals surface area contributed by atoms with Gasteiger partial charge in [-0.05, 0) is 85.6 Å². The average molecular weight is 597 g/mol. The fraction of sp³-hybridized carbons (Fsp3) is 0.552. The Morgan fingerprint density at radius 1 is 0.929 bits per heavy atom. The molecular weight excluding hydrogens is 562 g/mol. The van der Waals surface area contributed by atoms with Crippen molar-refractivity contribution < 1.29 is 31.1 Å². The summed E-state index contributed by atoms with van der Waals surface area (Å²) in [6, 6.07) is 5.45. The van der Waals surface area contributed by atoms with E-state index < -0.39 is 29.5 Å². The van der Waals surface area contributed by atoms with Crippen LogP contribution >= 0.6 is 0 Å². The minimum absolute atomic E-state index is 0.136. The monoisotopic (exact) mass is 596 g/mol. The van der Waals surface area contributed by atoms with Gasteiger partial charge in [0.25, 0.3) is 5.95 Å². The number of hydrogen-bond acceptors (Lipinski definition) is 6. The van der Waals surface area contributed by atoms with E-state index in [1.807, 2.05) is 13.8 Å². The number of aromatic nitrogens is 4. The summed E-state index contributed by atoms with van der Waals surface area (Å²) in [6.07, 6.45) is -6.60. The molecule has 1 fully saturated rings. The first-order valence-electron chi connectivity index (χ1n) is 14.0. The van der Waals surface area contributed by atoms with Gasteiger partial charge in [-0.3, -0.25) is 0 Å². The lowest BCUT2D eigenvalue weighted by molar-refractivity contribution is -0.143. The van der Waals surface area contributed by atoms with Crippen LogP contribution in [0.4, 0.5) is 38.0 Å². The van der Waals surface area contributed by atoms with E-state index in [-0.39, 0.29) is 24.1 Å². The van der Waals surface area contributed by atoms with E-state index in [9.17, 15) is 26.3 Å². The molecule has 0 N–H and O–H groups in total. The normalized spacial score (nSPS) is 18.6. The Balaban J connectivity index is 1.60. The van der Waals surface area contributed by atoms with Gasteiger partial charge in [-0.25, -0.2) is 0 Å². The highest BCUT2D eigenvalue weighted by atomic mass is 19.4. The molecule has 3 aromatic rings. The molecule has 228 valence electrons. The van der Waals surface area contributed by atoms with E-state index in [1.54, 1.807) is 11.9 Å². The van der Waals surface area contributed by atoms with Gasteiger partial charge in [-0.1, -0.05) is 22.8 Å². The van der Waals surface area contributed by atoms with Crippen molar-refractivity contribution in [2.24, 2.45) is 13.0 Å². The molecule has 2 aliphatic heterocycles. The van der Waals surface area contributed by atoms with Gasteiger partial charge in [0.1, 0.15) is 0 Å². The highest BCUT2D eigenvalue weighted by molar-refractivity contribution is 5.64. The van der Waals surface area contributed by atoms with Crippen LogP contribution in [0.5, 0.6) is 0 Å². The summed E-state index contributed by atoms with van der Waals surface area (Å²) in [5, 5.41) is 12.4. The van der Waals surface area contributed by atoms with Crippen LogP contribution in [0.2, 0.25) is 0 Å². The van der Waals surface area contributed by atoms with E-state index in [4.69, 9.17) is 4.74 Å². The molecular formula is C29H34F6N6O. The molecule has 5 rings (SSSR count). The first-order chi connectivity index (χ1) is 19.8. The number of benzene rings is 2. The number of anilines is 2. The second-order valence-corrected chi connectivity index (χ2v) is 11.3. The summed E-state index contributed by atoms with van der Waals surface area (Å²) < 4.78 is 87.7. The predicted molar refractivity (Wildman–Crippen MR) is 145 cm³/mol. The number of rotatable bonds is 6. The Hall–Kier alpha value is -3.35. The lowest BCUT2D eigenvalue weighted by atomic mass is 9.94. The molecule has 0 aliphatic carbocycles. The molecule has 0 spiro atoms. The average Bonchev–Trinajstić information content (AvgIpc) is 3.26. The molecule has 0 amide bonds. The van der Waals surface area contributed by atoms with Crippen molar-refractivity contribution in [3.8, 4) is 0 Å². The summed E-state index contributed by atoms with van der Waals surface area (Å²) in [6.45, 7) is 6.82. The van der Waals surface area contributed by atoms with Crippen LogP contribution in [0, 0.1) is 19.8 Å². The van der Waals surface area contributed by atoms with Crippen molar-refractivity contribution in [3.63, 3.8) is 0 Å². The van der Waals surface area contributed by atoms with Crippen molar-refractivity contribution >= 4 is 11.6 Å². The summed E-state index contributed by atoms with van der Waals surface area (Å²) >= 11 is 0. The standard InChI is InChI=1S/C29H34F6N6O/c1-18-11-19(2)26-24(12-18)25(5-4-8-40(26)16-20-6-9-42-10-7-20)41(27-36-38-39(3)37-27)17-21-13-22(28(30,31)32)15-23(14-21)29(33,34)35/h11-15,20,25H,4-10,16-17H2,1-3H3/t25-/m0/s1. The topological polar surface area (TPSA) is 59.3 Å². The molecule has 0 saturated carbocycles. The fourth-order valence-corrected chi connectivity index (χ4v) is 6.19. The smallest absolute Gasteiger partial charge is 0.381 e. The Kier molecular flexibility index (Phi) is 8.41. The number of fused-ring (bicyclic) bond motifs is 1. The van der Waals surface area contributed by atoms with E-state index in [1.165, 1.54) is 4.80 Å². The zero-order valence-electron chi connectivity index (χ0n) is 23.8. The van der Waals surface area contributed by atoms with Crippen LogP contribution in [0.15, 0.2) is 30.3 Å². The lowest BCUT2D eigenvalue weighted by Gasteiger charge is -2.35. The summed E-state index contributed by atoms with van der Waals surface area (Å²) in [4.78, 5) is 5.30. The minimum atomic E-state index is -4.94. The van der Waals surface area contributed by atoms with Gasteiger partial charge in [0.2, 0.25) is 0 Å². The van der Waals surface area contributed by atoms with Gasteiger partial charge in [-0.2, -0.15) is 31.1 Å². The van der Waals surface area contributed by atoms with Crippen LogP contribution in [0.25, 0.3) is 0 Å². The molecule has 42 heavy (non-hydrogen) atoms. The predicted octanol–water partition coefficient (Wildman–Crippen LogP) is 6.64. The van der Waals surface area contributed by atoms with Crippen molar-refractivity contribution in [2.75, 3.05) is 36.1 Å². The maximum absolute atomic E-state index is 13.7. The zero-order valence-corrected chi connectivity index (χ0v) is 23.8. The maximum atomic E-state index is 13.7. The summed E-state index contributed by atoms with van der Waals surface area (Å²) in [5.74, 6) is 0.601. The molecule has 2 aromatic carbocycles. The van der Waals surface area contributed by atoms with Gasteiger partial charge in [-0.15, -0.1) is 5.10 Å². The maximum Gasteiger partial charge on any atom is 0.416 e. The van der Waals surface area contributed by atoms with E-state index in [0.717, 1.165) is 80.1 Å². The number of halogens is 6. The Morgan fingerprint density at radius 3 is 2.19 bits per heavy atom. The van der Waals surface area contributed by atoms with Crippen LogP contribution < -0.4 is 9.80 Å². The van der Waals surface area contributed by atoms with Crippen molar-refractivity contribution in [3.05, 3.63) is 63.7 Å². The van der Waals surface area contributed by atoms with Gasteiger partial charge < -0.3 is 14.5 Å². The van der Waals surface area contributed by atoms with E-state index in [2.05, 4.69) is 32.4 Å². The van der Waals surface area contributed by atoms with Gasteiger partial charge in [0, 0.05) is 38.5 Å². The molecule has 0 bridgehead atoms. The Bertz CT molecular complexity index is 1370. The number of alkyl halides is 6. The molecule has 0 unspecified atom stereocenters. The lowest BCUT2D eigenvalue weighted by Crippen LogP contribution is -2.34. The molecule has 2 aliphatic rings. The number of ether oxygens (including phenoxy) is 1. The zero-order chi connectivity index (χ0) is 30.2. The SMILES string of the molecule is Cc1cc(C)c2c(c1)[C@@H](N(Cc1cc(C(F)(F)F)cc(C(F)(F)F)c1)c1nnn(C)n1)CCCN2CC1CCOCC1. The highest BCUT2D eigenvalue weighted by Gasteiger charge is 2.38. The Labute approximate surface area is 240 Å². The Morgan fingerprint density at radius 2 is 1.60 bits per heavy atom. The number of tetrazole rings is 1. The molecule has 1 atom stereocenters. The number of aryl methyl sites for hydroxylation is 3. The van der Waals surface area contributed by atoms with E-state index in [0.29, 0.717) is 12.3 Å². The van der Waals surface area contributed by atoms with E-state index >= 15 is 0 Å². The fourth-order valence-electron chi connectivity index (χ4n) is 6.19. The van der Waals surface area contributed by atoms with Crippen LogP contribution in [-0.2, 0) is 30.7 Å². The van der Waals surface area contributed by atoms with Crippen molar-refractivity contribution in [2.45, 2.75) is 64.5 Å². The summed E-state index contributed by atoms with van der Waals surface area (Å²) in [7, 11) is 1.56. The van der Waals surface area contributed by atoms with Crippen molar-refractivity contribution in [1.29, 1.82) is 0 Å². The summed E-state index contributed by atoms with van der Waals surface area (Å²) in [5.41, 5.74) is 1.23. The third kappa shape index (κ3) is 6.66.